The zero-order chi connectivity index (χ0) is 15.0. The van der Waals surface area contributed by atoms with E-state index in [-0.39, 0.29) is 12.1 Å². The fourth-order valence-electron chi connectivity index (χ4n) is 2.78. The molecule has 0 aromatic heterocycles. The van der Waals surface area contributed by atoms with Gasteiger partial charge in [0.05, 0.1) is 0 Å². The van der Waals surface area contributed by atoms with Gasteiger partial charge in [0.25, 0.3) is 0 Å². The Morgan fingerprint density at radius 2 is 1.86 bits per heavy atom. The van der Waals surface area contributed by atoms with Crippen LogP contribution in [-0.2, 0) is 0 Å². The van der Waals surface area contributed by atoms with Crippen LogP contribution in [0.25, 0.3) is 0 Å². The van der Waals surface area contributed by atoms with E-state index in [1.165, 1.54) is 11.1 Å². The molecule has 3 rings (SSSR count). The summed E-state index contributed by atoms with van der Waals surface area (Å²) in [6.45, 7) is 4.39. The average molecular weight is 302 g/mol. The number of rotatable bonds is 2. The fourth-order valence-corrected chi connectivity index (χ4v) is 2.96. The van der Waals surface area contributed by atoms with Gasteiger partial charge in [0.15, 0.2) is 0 Å². The van der Waals surface area contributed by atoms with Gasteiger partial charge < -0.3 is 10.5 Å². The Labute approximate surface area is 130 Å². The first kappa shape index (κ1) is 14.4. The third kappa shape index (κ3) is 2.92. The van der Waals surface area contributed by atoms with E-state index < -0.39 is 0 Å². The fraction of sp³-hybridized carbons (Fsp3) is 0.333. The van der Waals surface area contributed by atoms with Crippen molar-refractivity contribution >= 4 is 11.6 Å². The van der Waals surface area contributed by atoms with Crippen LogP contribution in [0.1, 0.15) is 55.0 Å². The van der Waals surface area contributed by atoms with E-state index in [0.29, 0.717) is 10.9 Å². The van der Waals surface area contributed by atoms with Gasteiger partial charge in [-0.2, -0.15) is 0 Å². The van der Waals surface area contributed by atoms with E-state index in [9.17, 15) is 0 Å². The second-order valence-corrected chi connectivity index (χ2v) is 6.39. The van der Waals surface area contributed by atoms with E-state index >= 15 is 0 Å². The number of halogens is 1. The number of nitrogens with two attached hydrogens (primary N) is 1. The number of fused-ring (bicyclic) bond motifs is 1. The Kier molecular flexibility index (Phi) is 3.92. The summed E-state index contributed by atoms with van der Waals surface area (Å²) < 4.78 is 6.11. The molecule has 0 saturated carbocycles. The zero-order valence-corrected chi connectivity index (χ0v) is 13.1. The van der Waals surface area contributed by atoms with E-state index in [0.717, 1.165) is 17.7 Å². The van der Waals surface area contributed by atoms with Gasteiger partial charge in [-0.25, -0.2) is 0 Å². The topological polar surface area (TPSA) is 35.2 Å². The highest BCUT2D eigenvalue weighted by atomic mass is 35.5. The molecular weight excluding hydrogens is 282 g/mol. The van der Waals surface area contributed by atoms with Gasteiger partial charge in [-0.15, -0.1) is 0 Å². The molecule has 1 aliphatic rings. The summed E-state index contributed by atoms with van der Waals surface area (Å²) in [5.41, 5.74) is 9.80. The highest BCUT2D eigenvalue weighted by Gasteiger charge is 2.27. The summed E-state index contributed by atoms with van der Waals surface area (Å²) in [6, 6.07) is 14.3. The van der Waals surface area contributed by atoms with E-state index in [1.54, 1.807) is 0 Å². The standard InChI is InChI=1S/C18H20ClNO/c1-11(2)12-3-5-13(6-4-12)18-10-16(20)15-9-14(19)7-8-17(15)21-18/h3-9,11,16,18H,10,20H2,1-2H3/t16-,18?/m0/s1. The van der Waals surface area contributed by atoms with Crippen molar-refractivity contribution in [2.75, 3.05) is 0 Å². The van der Waals surface area contributed by atoms with Crippen LogP contribution in [0.15, 0.2) is 42.5 Å². The second-order valence-electron chi connectivity index (χ2n) is 5.95. The summed E-state index contributed by atoms with van der Waals surface area (Å²) in [4.78, 5) is 0. The van der Waals surface area contributed by atoms with Crippen molar-refractivity contribution < 1.29 is 4.74 Å². The number of benzene rings is 2. The molecular formula is C18H20ClNO. The minimum absolute atomic E-state index is 0.00916. The van der Waals surface area contributed by atoms with E-state index in [2.05, 4.69) is 38.1 Å². The molecule has 3 heteroatoms. The lowest BCUT2D eigenvalue weighted by molar-refractivity contribution is 0.161. The Morgan fingerprint density at radius 1 is 1.14 bits per heavy atom. The number of hydrogen-bond acceptors (Lipinski definition) is 2. The summed E-state index contributed by atoms with van der Waals surface area (Å²) >= 11 is 6.03. The Bertz CT molecular complexity index is 636. The van der Waals surface area contributed by atoms with Gasteiger partial charge in [0.2, 0.25) is 0 Å². The SMILES string of the molecule is CC(C)c1ccc(C2C[C@H](N)c3cc(Cl)ccc3O2)cc1. The zero-order valence-electron chi connectivity index (χ0n) is 12.3. The normalized spacial score (nSPS) is 21.0. The molecule has 2 nitrogen and oxygen atoms in total. The minimum Gasteiger partial charge on any atom is -0.485 e. The minimum atomic E-state index is -0.0396. The molecule has 110 valence electrons. The van der Waals surface area contributed by atoms with Gasteiger partial charge in [-0.05, 0) is 35.2 Å². The van der Waals surface area contributed by atoms with Crippen molar-refractivity contribution in [3.8, 4) is 5.75 Å². The maximum atomic E-state index is 6.28. The Balaban J connectivity index is 1.86. The van der Waals surface area contributed by atoms with Crippen molar-refractivity contribution in [2.24, 2.45) is 5.73 Å². The number of hydrogen-bond donors (Lipinski definition) is 1. The molecule has 2 aromatic carbocycles. The third-order valence-electron chi connectivity index (χ3n) is 4.08. The first-order chi connectivity index (χ1) is 10.0. The van der Waals surface area contributed by atoms with Crippen molar-refractivity contribution in [3.63, 3.8) is 0 Å². The number of ether oxygens (including phenoxy) is 1. The first-order valence-electron chi connectivity index (χ1n) is 7.36. The molecule has 2 aromatic rings. The molecule has 1 heterocycles. The maximum Gasteiger partial charge on any atom is 0.126 e. The highest BCUT2D eigenvalue weighted by molar-refractivity contribution is 6.30. The van der Waals surface area contributed by atoms with Crippen molar-refractivity contribution in [1.29, 1.82) is 0 Å². The summed E-state index contributed by atoms with van der Waals surface area (Å²) in [6.07, 6.45) is 0.781. The summed E-state index contributed by atoms with van der Waals surface area (Å²) in [5.74, 6) is 1.38. The van der Waals surface area contributed by atoms with Crippen LogP contribution in [0.2, 0.25) is 5.02 Å². The van der Waals surface area contributed by atoms with Crippen LogP contribution < -0.4 is 10.5 Å². The molecule has 0 fully saturated rings. The third-order valence-corrected chi connectivity index (χ3v) is 4.32. The molecule has 0 aliphatic carbocycles. The van der Waals surface area contributed by atoms with Crippen LogP contribution in [0.5, 0.6) is 5.75 Å². The molecule has 21 heavy (non-hydrogen) atoms. The van der Waals surface area contributed by atoms with E-state index in [1.807, 2.05) is 18.2 Å². The first-order valence-corrected chi connectivity index (χ1v) is 7.74. The predicted octanol–water partition coefficient (Wildman–Crippen LogP) is 4.99. The summed E-state index contributed by atoms with van der Waals surface area (Å²) in [7, 11) is 0. The van der Waals surface area contributed by atoms with Crippen LogP contribution in [0, 0.1) is 0 Å². The lowest BCUT2D eigenvalue weighted by Gasteiger charge is -2.30. The monoisotopic (exact) mass is 301 g/mol. The van der Waals surface area contributed by atoms with Gasteiger partial charge in [-0.1, -0.05) is 49.7 Å². The molecule has 2 N–H and O–H groups in total. The van der Waals surface area contributed by atoms with Crippen LogP contribution in [0.4, 0.5) is 0 Å². The lowest BCUT2D eigenvalue weighted by Crippen LogP contribution is -2.24. The van der Waals surface area contributed by atoms with Gasteiger partial charge in [0.1, 0.15) is 11.9 Å². The smallest absolute Gasteiger partial charge is 0.126 e. The van der Waals surface area contributed by atoms with Crippen molar-refractivity contribution in [1.82, 2.24) is 0 Å². The average Bonchev–Trinajstić information content (AvgIpc) is 2.48. The molecule has 0 bridgehead atoms. The highest BCUT2D eigenvalue weighted by Crippen LogP contribution is 2.40. The van der Waals surface area contributed by atoms with E-state index in [4.69, 9.17) is 22.1 Å². The van der Waals surface area contributed by atoms with Crippen molar-refractivity contribution in [3.05, 3.63) is 64.2 Å². The quantitative estimate of drug-likeness (QED) is 0.848. The Hall–Kier alpha value is -1.51. The second kappa shape index (κ2) is 5.70. The molecule has 0 radical (unpaired) electrons. The largest absolute Gasteiger partial charge is 0.485 e. The summed E-state index contributed by atoms with van der Waals surface area (Å²) in [5, 5.41) is 0.701. The molecule has 1 unspecified atom stereocenters. The lowest BCUT2D eigenvalue weighted by atomic mass is 9.92. The molecule has 2 atom stereocenters. The maximum absolute atomic E-state index is 6.28. The Morgan fingerprint density at radius 3 is 2.52 bits per heavy atom. The van der Waals surface area contributed by atoms with Gasteiger partial charge in [-0.3, -0.25) is 0 Å². The molecule has 0 saturated heterocycles. The predicted molar refractivity (Wildman–Crippen MR) is 86.9 cm³/mol. The van der Waals surface area contributed by atoms with Crippen LogP contribution in [0.3, 0.4) is 0 Å². The van der Waals surface area contributed by atoms with Gasteiger partial charge >= 0.3 is 0 Å². The van der Waals surface area contributed by atoms with Crippen LogP contribution >= 0.6 is 11.6 Å². The molecule has 1 aliphatic heterocycles. The van der Waals surface area contributed by atoms with Crippen molar-refractivity contribution in [2.45, 2.75) is 38.3 Å². The molecule has 0 spiro atoms. The van der Waals surface area contributed by atoms with Gasteiger partial charge in [0, 0.05) is 23.0 Å². The van der Waals surface area contributed by atoms with Crippen LogP contribution in [-0.4, -0.2) is 0 Å². The molecule has 0 amide bonds.